The molecule has 1 aliphatic heterocycles. The Hall–Kier alpha value is -4.19. The molecule has 5 rings (SSSR count). The van der Waals surface area contributed by atoms with E-state index in [1.165, 1.54) is 18.3 Å². The van der Waals surface area contributed by atoms with E-state index in [4.69, 9.17) is 9.47 Å². The molecule has 12 nitrogen and oxygen atoms in total. The molecule has 2 fully saturated rings. The van der Waals surface area contributed by atoms with Crippen molar-refractivity contribution in [3.63, 3.8) is 0 Å². The molecule has 2 heterocycles. The molecule has 2 aromatic rings. The standard InChI is InChI=1S/C30H34N4O8/c1-33(12-2-3-13-41-27-11-6-19(17-31-27)34(39)40)20-14-22(15-20)42-21-7-9-23-25(16-21)29(37)24(28(23)36)8-4-18-5-10-26(35)32-30(18)38/h6-7,9,11,16-18,20,22,24H,2-5,8,10,12-15H2,1H3,(H,32,35,38). The van der Waals surface area contributed by atoms with Gasteiger partial charge < -0.3 is 14.4 Å². The number of amides is 2. The fourth-order valence-corrected chi connectivity index (χ4v) is 5.73. The summed E-state index contributed by atoms with van der Waals surface area (Å²) < 4.78 is 11.7. The summed E-state index contributed by atoms with van der Waals surface area (Å²) in [6, 6.07) is 8.32. The Morgan fingerprint density at radius 2 is 1.83 bits per heavy atom. The number of unbranched alkanes of at least 4 members (excludes halogenated alkanes) is 1. The van der Waals surface area contributed by atoms with Crippen molar-refractivity contribution in [1.82, 2.24) is 15.2 Å². The number of benzene rings is 1. The number of aromatic nitrogens is 1. The minimum Gasteiger partial charge on any atom is -0.490 e. The van der Waals surface area contributed by atoms with Crippen LogP contribution in [0.25, 0.3) is 0 Å². The normalized spacial score (nSPS) is 23.4. The minimum atomic E-state index is -0.793. The Bertz CT molecular complexity index is 1370. The van der Waals surface area contributed by atoms with Crippen LogP contribution in [0.15, 0.2) is 36.5 Å². The number of piperidine rings is 1. The zero-order valence-electron chi connectivity index (χ0n) is 23.5. The van der Waals surface area contributed by atoms with Crippen molar-refractivity contribution >= 4 is 29.1 Å². The lowest BCUT2D eigenvalue weighted by molar-refractivity contribution is -0.385. The van der Waals surface area contributed by atoms with Crippen molar-refractivity contribution in [1.29, 1.82) is 0 Å². The number of hydrogen-bond donors (Lipinski definition) is 1. The summed E-state index contributed by atoms with van der Waals surface area (Å²) in [5, 5.41) is 13.0. The van der Waals surface area contributed by atoms with E-state index >= 15 is 0 Å². The average Bonchev–Trinajstić information content (AvgIpc) is 3.18. The van der Waals surface area contributed by atoms with Crippen LogP contribution in [-0.2, 0) is 9.59 Å². The highest BCUT2D eigenvalue weighted by molar-refractivity contribution is 6.26. The number of Topliss-reactive ketones (excluding diaryl/α,β-unsaturated/α-hetero) is 2. The van der Waals surface area contributed by atoms with Gasteiger partial charge in [-0.1, -0.05) is 0 Å². The molecule has 42 heavy (non-hydrogen) atoms. The molecule has 1 aromatic heterocycles. The monoisotopic (exact) mass is 578 g/mol. The lowest BCUT2D eigenvalue weighted by Crippen LogP contribution is -2.47. The maximum absolute atomic E-state index is 13.1. The lowest BCUT2D eigenvalue weighted by Gasteiger charge is -2.41. The van der Waals surface area contributed by atoms with Gasteiger partial charge in [-0.3, -0.25) is 34.6 Å². The first-order chi connectivity index (χ1) is 20.2. The number of nitro groups is 1. The smallest absolute Gasteiger partial charge is 0.287 e. The number of carbonyl (C=O) groups excluding carboxylic acids is 4. The van der Waals surface area contributed by atoms with E-state index in [9.17, 15) is 29.3 Å². The van der Waals surface area contributed by atoms with Crippen LogP contribution < -0.4 is 14.8 Å². The largest absolute Gasteiger partial charge is 0.490 e. The summed E-state index contributed by atoms with van der Waals surface area (Å²) in [6.07, 6.45) is 6.08. The molecule has 2 aliphatic carbocycles. The molecule has 2 atom stereocenters. The Labute approximate surface area is 242 Å². The quantitative estimate of drug-likeness (QED) is 0.123. The second-order valence-electron chi connectivity index (χ2n) is 11.2. The van der Waals surface area contributed by atoms with Crippen molar-refractivity contribution < 1.29 is 33.6 Å². The second kappa shape index (κ2) is 12.8. The Morgan fingerprint density at radius 1 is 1.05 bits per heavy atom. The summed E-state index contributed by atoms with van der Waals surface area (Å²) in [6.45, 7) is 1.37. The van der Waals surface area contributed by atoms with E-state index in [1.807, 2.05) is 0 Å². The van der Waals surface area contributed by atoms with E-state index in [0.717, 1.165) is 32.2 Å². The Kier molecular flexibility index (Phi) is 8.91. The first kappa shape index (κ1) is 29.3. The van der Waals surface area contributed by atoms with Crippen LogP contribution in [0, 0.1) is 22.0 Å². The van der Waals surface area contributed by atoms with Gasteiger partial charge in [-0.2, -0.15) is 0 Å². The molecule has 3 aliphatic rings. The number of nitrogens with zero attached hydrogens (tertiary/aromatic N) is 3. The molecule has 1 saturated heterocycles. The van der Waals surface area contributed by atoms with Crippen LogP contribution in [0.1, 0.15) is 72.1 Å². The van der Waals surface area contributed by atoms with Gasteiger partial charge in [-0.15, -0.1) is 0 Å². The highest BCUT2D eigenvalue weighted by Crippen LogP contribution is 2.36. The topological polar surface area (TPSA) is 158 Å². The van der Waals surface area contributed by atoms with Gasteiger partial charge in [0.2, 0.25) is 17.7 Å². The first-order valence-electron chi connectivity index (χ1n) is 14.4. The molecule has 0 bridgehead atoms. The number of imide groups is 1. The maximum atomic E-state index is 13.1. The second-order valence-corrected chi connectivity index (χ2v) is 11.2. The first-order valence-corrected chi connectivity index (χ1v) is 14.4. The van der Waals surface area contributed by atoms with Crippen molar-refractivity contribution in [3.8, 4) is 11.6 Å². The molecule has 2 amide bonds. The third kappa shape index (κ3) is 6.64. The number of hydrogen-bond acceptors (Lipinski definition) is 10. The van der Waals surface area contributed by atoms with Gasteiger partial charge in [0.25, 0.3) is 5.69 Å². The molecule has 0 radical (unpaired) electrons. The summed E-state index contributed by atoms with van der Waals surface area (Å²) in [7, 11) is 2.08. The number of rotatable bonds is 13. The average molecular weight is 579 g/mol. The van der Waals surface area contributed by atoms with Gasteiger partial charge in [0, 0.05) is 54.5 Å². The van der Waals surface area contributed by atoms with Gasteiger partial charge in [0.1, 0.15) is 18.1 Å². The maximum Gasteiger partial charge on any atom is 0.287 e. The van der Waals surface area contributed by atoms with Gasteiger partial charge in [0.15, 0.2) is 11.6 Å². The van der Waals surface area contributed by atoms with Gasteiger partial charge in [-0.05, 0) is 63.9 Å². The Morgan fingerprint density at radius 3 is 2.55 bits per heavy atom. The number of fused-ring (bicyclic) bond motifs is 1. The summed E-state index contributed by atoms with van der Waals surface area (Å²) in [4.78, 5) is 65.8. The predicted molar refractivity (Wildman–Crippen MR) is 149 cm³/mol. The molecule has 222 valence electrons. The van der Waals surface area contributed by atoms with Crippen LogP contribution in [0.3, 0.4) is 0 Å². The molecule has 1 aromatic carbocycles. The van der Waals surface area contributed by atoms with Crippen LogP contribution in [0.2, 0.25) is 0 Å². The summed E-state index contributed by atoms with van der Waals surface area (Å²) in [5.41, 5.74) is 0.712. The van der Waals surface area contributed by atoms with Crippen LogP contribution in [0.5, 0.6) is 11.6 Å². The summed E-state index contributed by atoms with van der Waals surface area (Å²) >= 11 is 0. The highest BCUT2D eigenvalue weighted by atomic mass is 16.6. The third-order valence-corrected chi connectivity index (χ3v) is 8.39. The number of pyridine rings is 1. The van der Waals surface area contributed by atoms with E-state index in [-0.39, 0.29) is 53.9 Å². The number of nitrogens with one attached hydrogen (secondary N) is 1. The lowest BCUT2D eigenvalue weighted by atomic mass is 9.88. The van der Waals surface area contributed by atoms with Gasteiger partial charge >= 0.3 is 0 Å². The summed E-state index contributed by atoms with van der Waals surface area (Å²) in [5.74, 6) is -1.26. The number of ether oxygens (including phenoxy) is 2. The molecular formula is C30H34N4O8. The number of carbonyl (C=O) groups is 4. The van der Waals surface area contributed by atoms with Gasteiger partial charge in [-0.25, -0.2) is 4.98 Å². The van der Waals surface area contributed by atoms with Crippen molar-refractivity contribution in [2.75, 3.05) is 20.2 Å². The highest BCUT2D eigenvalue weighted by Gasteiger charge is 2.40. The minimum absolute atomic E-state index is 0.0302. The predicted octanol–water partition coefficient (Wildman–Crippen LogP) is 3.52. The van der Waals surface area contributed by atoms with E-state index in [1.54, 1.807) is 18.2 Å². The van der Waals surface area contributed by atoms with E-state index in [0.29, 0.717) is 48.2 Å². The van der Waals surface area contributed by atoms with Crippen LogP contribution in [0.4, 0.5) is 5.69 Å². The van der Waals surface area contributed by atoms with Crippen LogP contribution in [-0.4, -0.2) is 70.5 Å². The molecule has 1 N–H and O–H groups in total. The van der Waals surface area contributed by atoms with E-state index < -0.39 is 10.8 Å². The SMILES string of the molecule is CN(CCCCOc1ccc([N+](=O)[O-])cn1)C1CC(Oc2ccc3c(c2)C(=O)C(CCC2CCC(=O)NC2=O)C3=O)C1. The zero-order chi connectivity index (χ0) is 29.8. The molecule has 2 unspecified atom stereocenters. The van der Waals surface area contributed by atoms with Crippen molar-refractivity contribution in [2.24, 2.45) is 11.8 Å². The fourth-order valence-electron chi connectivity index (χ4n) is 5.73. The van der Waals surface area contributed by atoms with Crippen LogP contribution >= 0.6 is 0 Å². The van der Waals surface area contributed by atoms with Crippen molar-refractivity contribution in [2.45, 2.75) is 63.5 Å². The molecule has 1 saturated carbocycles. The van der Waals surface area contributed by atoms with Crippen molar-refractivity contribution in [3.05, 3.63) is 57.8 Å². The zero-order valence-corrected chi connectivity index (χ0v) is 23.5. The molecule has 0 spiro atoms. The number of ketones is 2. The molecular weight excluding hydrogens is 544 g/mol. The Balaban J connectivity index is 1.01. The molecule has 12 heteroatoms. The van der Waals surface area contributed by atoms with Gasteiger partial charge in [0.05, 0.1) is 17.4 Å². The third-order valence-electron chi connectivity index (χ3n) is 8.39. The van der Waals surface area contributed by atoms with E-state index in [2.05, 4.69) is 22.2 Å². The fraction of sp³-hybridized carbons (Fsp3) is 0.500.